The minimum absolute atomic E-state index is 0.108. The first-order valence-corrected chi connectivity index (χ1v) is 5.32. The van der Waals surface area contributed by atoms with Gasteiger partial charge in [-0.05, 0) is 40.0 Å². The van der Waals surface area contributed by atoms with Crippen molar-refractivity contribution in [2.24, 2.45) is 5.73 Å². The average molecular weight is 201 g/mol. The molecule has 0 aliphatic carbocycles. The van der Waals surface area contributed by atoms with E-state index in [-0.39, 0.29) is 12.1 Å². The summed E-state index contributed by atoms with van der Waals surface area (Å²) in [6.07, 6.45) is 2.10. The summed E-state index contributed by atoms with van der Waals surface area (Å²) >= 11 is 0. The third-order valence-electron chi connectivity index (χ3n) is 2.86. The van der Waals surface area contributed by atoms with Crippen LogP contribution in [-0.2, 0) is 0 Å². The summed E-state index contributed by atoms with van der Waals surface area (Å²) in [6.45, 7) is 4.20. The van der Waals surface area contributed by atoms with Gasteiger partial charge in [-0.3, -0.25) is 0 Å². The summed E-state index contributed by atoms with van der Waals surface area (Å²) in [6, 6.07) is 0. The van der Waals surface area contributed by atoms with Crippen molar-refractivity contribution in [2.75, 3.05) is 46.9 Å². The highest BCUT2D eigenvalue weighted by molar-refractivity contribution is 4.93. The fourth-order valence-corrected chi connectivity index (χ4v) is 1.91. The van der Waals surface area contributed by atoms with Gasteiger partial charge in [0.15, 0.2) is 0 Å². The third-order valence-corrected chi connectivity index (χ3v) is 2.86. The summed E-state index contributed by atoms with van der Waals surface area (Å²) in [5.74, 6) is 0. The zero-order valence-electron chi connectivity index (χ0n) is 9.37. The molecule has 0 radical (unpaired) electrons. The lowest BCUT2D eigenvalue weighted by atomic mass is 10.0. The number of aliphatic hydroxyl groups excluding tert-OH is 1. The van der Waals surface area contributed by atoms with Crippen molar-refractivity contribution in [1.29, 1.82) is 0 Å². The molecule has 1 saturated heterocycles. The Morgan fingerprint density at radius 1 is 1.50 bits per heavy atom. The van der Waals surface area contributed by atoms with Crippen LogP contribution in [0.5, 0.6) is 0 Å². The summed E-state index contributed by atoms with van der Waals surface area (Å²) in [5, 5.41) is 9.10. The first-order chi connectivity index (χ1) is 6.56. The van der Waals surface area contributed by atoms with Crippen LogP contribution in [0.4, 0.5) is 0 Å². The first kappa shape index (κ1) is 11.9. The van der Waals surface area contributed by atoms with Crippen molar-refractivity contribution in [3.63, 3.8) is 0 Å². The molecule has 1 fully saturated rings. The molecule has 0 aromatic heterocycles. The van der Waals surface area contributed by atoms with E-state index in [0.29, 0.717) is 0 Å². The molecule has 4 nitrogen and oxygen atoms in total. The number of likely N-dealkylation sites (tertiary alicyclic amines) is 1. The summed E-state index contributed by atoms with van der Waals surface area (Å²) in [4.78, 5) is 4.54. The Kier molecular flexibility index (Phi) is 4.31. The molecule has 1 atom stereocenters. The van der Waals surface area contributed by atoms with Gasteiger partial charge in [0.1, 0.15) is 0 Å². The topological polar surface area (TPSA) is 52.7 Å². The van der Waals surface area contributed by atoms with Crippen LogP contribution < -0.4 is 5.73 Å². The van der Waals surface area contributed by atoms with Gasteiger partial charge in [0.2, 0.25) is 0 Å². The van der Waals surface area contributed by atoms with Gasteiger partial charge in [0.05, 0.1) is 12.1 Å². The normalized spacial score (nSPS) is 28.9. The third kappa shape index (κ3) is 3.53. The molecule has 1 unspecified atom stereocenters. The largest absolute Gasteiger partial charge is 0.394 e. The standard InChI is InChI=1S/C10H23N3O/c1-12(2)5-3-6-13-7-4-10(11,8-13)9-14/h14H,3-9,11H2,1-2H3. The second kappa shape index (κ2) is 5.07. The zero-order chi connectivity index (χ0) is 10.6. The Morgan fingerprint density at radius 3 is 2.71 bits per heavy atom. The molecule has 1 aliphatic rings. The summed E-state index contributed by atoms with van der Waals surface area (Å²) < 4.78 is 0. The van der Waals surface area contributed by atoms with E-state index in [2.05, 4.69) is 23.9 Å². The van der Waals surface area contributed by atoms with E-state index in [0.717, 1.165) is 32.6 Å². The number of nitrogens with zero attached hydrogens (tertiary/aromatic N) is 2. The van der Waals surface area contributed by atoms with E-state index >= 15 is 0 Å². The number of hydrogen-bond acceptors (Lipinski definition) is 4. The molecule has 0 saturated carbocycles. The summed E-state index contributed by atoms with van der Waals surface area (Å²) in [7, 11) is 4.18. The molecule has 4 heteroatoms. The Bertz CT molecular complexity index is 175. The van der Waals surface area contributed by atoms with Gasteiger partial charge in [-0.1, -0.05) is 0 Å². The van der Waals surface area contributed by atoms with Gasteiger partial charge in [0, 0.05) is 13.1 Å². The van der Waals surface area contributed by atoms with E-state index in [1.54, 1.807) is 0 Å². The maximum absolute atomic E-state index is 9.10. The zero-order valence-corrected chi connectivity index (χ0v) is 9.37. The lowest BCUT2D eigenvalue weighted by Gasteiger charge is -2.22. The molecule has 0 bridgehead atoms. The van der Waals surface area contributed by atoms with E-state index in [1.807, 2.05) is 0 Å². The van der Waals surface area contributed by atoms with Gasteiger partial charge < -0.3 is 20.6 Å². The molecule has 14 heavy (non-hydrogen) atoms. The second-order valence-corrected chi connectivity index (χ2v) is 4.70. The Hall–Kier alpha value is -0.160. The van der Waals surface area contributed by atoms with Crippen LogP contribution in [0.15, 0.2) is 0 Å². The van der Waals surface area contributed by atoms with Crippen LogP contribution in [0.3, 0.4) is 0 Å². The Morgan fingerprint density at radius 2 is 2.21 bits per heavy atom. The van der Waals surface area contributed by atoms with Crippen molar-refractivity contribution in [3.05, 3.63) is 0 Å². The van der Waals surface area contributed by atoms with Crippen LogP contribution in [0, 0.1) is 0 Å². The molecular weight excluding hydrogens is 178 g/mol. The minimum atomic E-state index is -0.335. The fraction of sp³-hybridized carbons (Fsp3) is 1.00. The van der Waals surface area contributed by atoms with Gasteiger partial charge in [0.25, 0.3) is 0 Å². The Labute approximate surface area is 86.7 Å². The maximum atomic E-state index is 9.10. The van der Waals surface area contributed by atoms with Crippen molar-refractivity contribution >= 4 is 0 Å². The fourth-order valence-electron chi connectivity index (χ4n) is 1.91. The summed E-state index contributed by atoms with van der Waals surface area (Å²) in [5.41, 5.74) is 5.64. The Balaban J connectivity index is 2.16. The highest BCUT2D eigenvalue weighted by atomic mass is 16.3. The maximum Gasteiger partial charge on any atom is 0.0624 e. The SMILES string of the molecule is CN(C)CCCN1CCC(N)(CO)C1. The number of aliphatic hydroxyl groups is 1. The molecule has 0 spiro atoms. The molecule has 1 heterocycles. The predicted molar refractivity (Wildman–Crippen MR) is 58.2 cm³/mol. The van der Waals surface area contributed by atoms with Crippen molar-refractivity contribution < 1.29 is 5.11 Å². The number of hydrogen-bond donors (Lipinski definition) is 2. The lowest BCUT2D eigenvalue weighted by molar-refractivity contribution is 0.192. The molecule has 0 amide bonds. The van der Waals surface area contributed by atoms with E-state index in [4.69, 9.17) is 10.8 Å². The van der Waals surface area contributed by atoms with Crippen molar-refractivity contribution in [2.45, 2.75) is 18.4 Å². The van der Waals surface area contributed by atoms with Crippen LogP contribution in [-0.4, -0.2) is 67.3 Å². The molecule has 0 aromatic rings. The van der Waals surface area contributed by atoms with Crippen LogP contribution in [0.2, 0.25) is 0 Å². The second-order valence-electron chi connectivity index (χ2n) is 4.70. The smallest absolute Gasteiger partial charge is 0.0624 e. The van der Waals surface area contributed by atoms with Crippen LogP contribution in [0.25, 0.3) is 0 Å². The average Bonchev–Trinajstić information content (AvgIpc) is 2.48. The van der Waals surface area contributed by atoms with Gasteiger partial charge in [-0.2, -0.15) is 0 Å². The first-order valence-electron chi connectivity index (χ1n) is 5.32. The van der Waals surface area contributed by atoms with Gasteiger partial charge in [-0.15, -0.1) is 0 Å². The molecule has 0 aromatic carbocycles. The molecule has 84 valence electrons. The monoisotopic (exact) mass is 201 g/mol. The van der Waals surface area contributed by atoms with Crippen LogP contribution >= 0.6 is 0 Å². The predicted octanol–water partition coefficient (Wildman–Crippen LogP) is -0.666. The number of nitrogens with two attached hydrogens (primary N) is 1. The van der Waals surface area contributed by atoms with E-state index in [1.165, 1.54) is 6.42 Å². The molecule has 1 aliphatic heterocycles. The highest BCUT2D eigenvalue weighted by Crippen LogP contribution is 2.17. The van der Waals surface area contributed by atoms with Crippen molar-refractivity contribution in [1.82, 2.24) is 9.80 Å². The van der Waals surface area contributed by atoms with Gasteiger partial charge >= 0.3 is 0 Å². The molecular formula is C10H23N3O. The minimum Gasteiger partial charge on any atom is -0.394 e. The number of rotatable bonds is 5. The lowest BCUT2D eigenvalue weighted by Crippen LogP contribution is -2.46. The quantitative estimate of drug-likeness (QED) is 0.620. The van der Waals surface area contributed by atoms with E-state index in [9.17, 15) is 0 Å². The van der Waals surface area contributed by atoms with Crippen LogP contribution in [0.1, 0.15) is 12.8 Å². The highest BCUT2D eigenvalue weighted by Gasteiger charge is 2.33. The molecule has 3 N–H and O–H groups in total. The van der Waals surface area contributed by atoms with E-state index < -0.39 is 0 Å². The molecule has 1 rings (SSSR count). The van der Waals surface area contributed by atoms with Gasteiger partial charge in [-0.25, -0.2) is 0 Å². The van der Waals surface area contributed by atoms with Crippen molar-refractivity contribution in [3.8, 4) is 0 Å².